The second-order valence-corrected chi connectivity index (χ2v) is 8.35. The van der Waals surface area contributed by atoms with Gasteiger partial charge >= 0.3 is 12.1 Å². The van der Waals surface area contributed by atoms with Crippen molar-refractivity contribution in [3.63, 3.8) is 0 Å². The maximum absolute atomic E-state index is 14.0. The van der Waals surface area contributed by atoms with Crippen molar-refractivity contribution in [2.75, 3.05) is 26.8 Å². The zero-order chi connectivity index (χ0) is 28.9. The van der Waals surface area contributed by atoms with Crippen LogP contribution in [0.25, 0.3) is 6.08 Å². The van der Waals surface area contributed by atoms with Gasteiger partial charge in [-0.25, -0.2) is 4.79 Å². The molecule has 0 aliphatic rings. The van der Waals surface area contributed by atoms with Gasteiger partial charge in [-0.05, 0) is 24.5 Å². The Kier molecular flexibility index (Phi) is 11.9. The van der Waals surface area contributed by atoms with Crippen molar-refractivity contribution in [2.45, 2.75) is 30.7 Å². The van der Waals surface area contributed by atoms with E-state index in [1.54, 1.807) is 6.08 Å². The number of amides is 2. The number of hydrogen-bond acceptors (Lipinski definition) is 6. The number of aliphatic hydroxyl groups is 1. The van der Waals surface area contributed by atoms with Gasteiger partial charge in [-0.1, -0.05) is 67.2 Å². The quantitative estimate of drug-likeness (QED) is 0.190. The summed E-state index contributed by atoms with van der Waals surface area (Å²) in [5.41, 5.74) is -3.56. The smallest absolute Gasteiger partial charge is 0.432 e. The highest BCUT2D eigenvalue weighted by Crippen LogP contribution is 2.43. The number of ether oxygens (including phenoxy) is 2. The average Bonchev–Trinajstić information content (AvgIpc) is 2.93. The van der Waals surface area contributed by atoms with Crippen molar-refractivity contribution in [1.29, 1.82) is 0 Å². The zero-order valence-electron chi connectivity index (χ0n) is 21.4. The Bertz CT molecular complexity index is 1140. The van der Waals surface area contributed by atoms with Crippen molar-refractivity contribution >= 4 is 23.9 Å². The Balaban J connectivity index is 1.85. The van der Waals surface area contributed by atoms with E-state index in [1.165, 1.54) is 24.3 Å². The molecule has 3 N–H and O–H groups in total. The molecule has 0 heterocycles. The minimum atomic E-state index is -5.21. The molecule has 8 nitrogen and oxygen atoms in total. The minimum Gasteiger partial charge on any atom is -0.452 e. The van der Waals surface area contributed by atoms with Crippen LogP contribution in [0.3, 0.4) is 0 Å². The maximum atomic E-state index is 14.0. The predicted octanol–water partition coefficient (Wildman–Crippen LogP) is 3.28. The Morgan fingerprint density at radius 1 is 0.974 bits per heavy atom. The topological polar surface area (TPSA) is 114 Å². The molecule has 0 aromatic heterocycles. The van der Waals surface area contributed by atoms with Crippen LogP contribution in [0.5, 0.6) is 0 Å². The van der Waals surface area contributed by atoms with Crippen molar-refractivity contribution < 1.29 is 42.1 Å². The second kappa shape index (κ2) is 14.8. The van der Waals surface area contributed by atoms with Crippen molar-refractivity contribution in [3.05, 3.63) is 90.0 Å². The standard InChI is InChI=1S/C28H31F3N2O6/c1-20(25(36)33-18-10-9-17-32-24(35)16-15-21-11-5-3-6-12-21)23(19-34)39-26(37)27(38-2,28(29,30)31)22-13-7-4-8-14-22/h3-8,11-16,23,34H,1,9-10,17-19H2,2H3,(H,32,35)(H,33,36)/b16-15+/t23-,27-/m0/s1. The summed E-state index contributed by atoms with van der Waals surface area (Å²) in [6, 6.07) is 15.5. The van der Waals surface area contributed by atoms with Gasteiger partial charge in [0.2, 0.25) is 11.8 Å². The molecule has 0 aliphatic carbocycles. The monoisotopic (exact) mass is 548 g/mol. The van der Waals surface area contributed by atoms with Crippen LogP contribution in [0.4, 0.5) is 13.2 Å². The van der Waals surface area contributed by atoms with Crippen LogP contribution < -0.4 is 10.6 Å². The Morgan fingerprint density at radius 2 is 1.54 bits per heavy atom. The normalized spacial score (nSPS) is 13.8. The molecule has 0 saturated carbocycles. The highest BCUT2D eigenvalue weighted by atomic mass is 19.4. The van der Waals surface area contributed by atoms with Gasteiger partial charge in [0.05, 0.1) is 12.2 Å². The third-order valence-corrected chi connectivity index (χ3v) is 5.68. The summed E-state index contributed by atoms with van der Waals surface area (Å²) in [6.45, 7) is 2.99. The number of carbonyl (C=O) groups excluding carboxylic acids is 3. The number of halogens is 3. The summed E-state index contributed by atoms with van der Waals surface area (Å²) >= 11 is 0. The molecule has 210 valence electrons. The third-order valence-electron chi connectivity index (χ3n) is 5.68. The summed E-state index contributed by atoms with van der Waals surface area (Å²) in [4.78, 5) is 37.1. The fourth-order valence-corrected chi connectivity index (χ4v) is 3.54. The summed E-state index contributed by atoms with van der Waals surface area (Å²) in [5.74, 6) is -2.94. The number of alkyl halides is 3. The van der Waals surface area contributed by atoms with Crippen LogP contribution in [0.15, 0.2) is 78.9 Å². The third kappa shape index (κ3) is 8.52. The molecular formula is C28H31F3N2O6. The van der Waals surface area contributed by atoms with Crippen molar-refractivity contribution in [2.24, 2.45) is 0 Å². The molecule has 2 aromatic carbocycles. The molecule has 0 saturated heterocycles. The first kappa shape index (κ1) is 31.3. The van der Waals surface area contributed by atoms with Gasteiger partial charge in [0.15, 0.2) is 6.10 Å². The lowest BCUT2D eigenvalue weighted by Gasteiger charge is -2.33. The van der Waals surface area contributed by atoms with E-state index in [4.69, 9.17) is 4.74 Å². The number of unbranched alkanes of at least 4 members (excludes halogenated alkanes) is 1. The number of nitrogens with one attached hydrogen (secondary N) is 2. The van der Waals surface area contributed by atoms with E-state index in [-0.39, 0.29) is 12.5 Å². The van der Waals surface area contributed by atoms with E-state index in [1.807, 2.05) is 30.3 Å². The molecule has 2 atom stereocenters. The molecule has 0 fully saturated rings. The van der Waals surface area contributed by atoms with Crippen LogP contribution in [-0.2, 0) is 29.5 Å². The van der Waals surface area contributed by atoms with E-state index in [9.17, 15) is 32.7 Å². The largest absolute Gasteiger partial charge is 0.452 e. The summed E-state index contributed by atoms with van der Waals surface area (Å²) in [6.07, 6.45) is -2.89. The summed E-state index contributed by atoms with van der Waals surface area (Å²) < 4.78 is 51.7. The molecule has 0 radical (unpaired) electrons. The molecule has 2 aromatic rings. The molecular weight excluding hydrogens is 517 g/mol. The van der Waals surface area contributed by atoms with Gasteiger partial charge in [0, 0.05) is 31.8 Å². The Morgan fingerprint density at radius 3 is 2.08 bits per heavy atom. The number of esters is 1. The lowest BCUT2D eigenvalue weighted by molar-refractivity contribution is -0.278. The van der Waals surface area contributed by atoms with E-state index >= 15 is 0 Å². The van der Waals surface area contributed by atoms with Gasteiger partial charge in [-0.3, -0.25) is 9.59 Å². The fraction of sp³-hybridized carbons (Fsp3) is 0.321. The van der Waals surface area contributed by atoms with E-state index in [0.717, 1.165) is 17.7 Å². The second-order valence-electron chi connectivity index (χ2n) is 8.35. The Labute approximate surface area is 224 Å². The van der Waals surface area contributed by atoms with Gasteiger partial charge < -0.3 is 25.2 Å². The molecule has 0 bridgehead atoms. The lowest BCUT2D eigenvalue weighted by Crippen LogP contribution is -2.53. The molecule has 0 unspecified atom stereocenters. The fourth-order valence-electron chi connectivity index (χ4n) is 3.54. The highest BCUT2D eigenvalue weighted by molar-refractivity contribution is 5.94. The van der Waals surface area contributed by atoms with Gasteiger partial charge in [0.1, 0.15) is 0 Å². The van der Waals surface area contributed by atoms with Crippen LogP contribution in [-0.4, -0.2) is 62.0 Å². The number of aliphatic hydroxyl groups excluding tert-OH is 1. The number of methoxy groups -OCH3 is 1. The van der Waals surface area contributed by atoms with Gasteiger partial charge in [-0.2, -0.15) is 13.2 Å². The summed E-state index contributed by atoms with van der Waals surface area (Å²) in [5, 5.41) is 14.8. The van der Waals surface area contributed by atoms with Gasteiger partial charge in [-0.15, -0.1) is 0 Å². The molecule has 2 rings (SSSR count). The van der Waals surface area contributed by atoms with Crippen LogP contribution in [0.2, 0.25) is 0 Å². The first-order chi connectivity index (χ1) is 18.6. The first-order valence-corrected chi connectivity index (χ1v) is 12.0. The number of rotatable bonds is 14. The molecule has 0 spiro atoms. The van der Waals surface area contributed by atoms with Crippen LogP contribution in [0, 0.1) is 0 Å². The van der Waals surface area contributed by atoms with Gasteiger partial charge in [0.25, 0.3) is 5.60 Å². The molecule has 0 aliphatic heterocycles. The lowest BCUT2D eigenvalue weighted by atomic mass is 9.92. The number of hydrogen-bond donors (Lipinski definition) is 3. The molecule has 2 amide bonds. The zero-order valence-corrected chi connectivity index (χ0v) is 21.4. The van der Waals surface area contributed by atoms with E-state index in [0.29, 0.717) is 26.5 Å². The van der Waals surface area contributed by atoms with Crippen molar-refractivity contribution in [1.82, 2.24) is 10.6 Å². The van der Waals surface area contributed by atoms with E-state index < -0.39 is 47.5 Å². The maximum Gasteiger partial charge on any atom is 0.432 e. The number of carbonyl (C=O) groups is 3. The predicted molar refractivity (Wildman–Crippen MR) is 138 cm³/mol. The van der Waals surface area contributed by atoms with Crippen molar-refractivity contribution in [3.8, 4) is 0 Å². The Hall–Kier alpha value is -3.96. The molecule has 39 heavy (non-hydrogen) atoms. The van der Waals surface area contributed by atoms with Crippen LogP contribution >= 0.6 is 0 Å². The SMILES string of the molecule is C=C(C(=O)NCCCCNC(=O)/C=C/c1ccccc1)[C@H](CO)OC(=O)[C@@](OC)(c1ccccc1)C(F)(F)F. The van der Waals surface area contributed by atoms with Crippen LogP contribution in [0.1, 0.15) is 24.0 Å². The number of benzene rings is 2. The average molecular weight is 549 g/mol. The first-order valence-electron chi connectivity index (χ1n) is 12.0. The summed E-state index contributed by atoms with van der Waals surface area (Å²) in [7, 11) is 0.708. The minimum absolute atomic E-state index is 0.147. The van der Waals surface area contributed by atoms with E-state index in [2.05, 4.69) is 21.9 Å². The molecule has 11 heteroatoms. The highest BCUT2D eigenvalue weighted by Gasteiger charge is 2.64.